The summed E-state index contributed by atoms with van der Waals surface area (Å²) in [5, 5.41) is 0. The Hall–Kier alpha value is -0.870. The quantitative estimate of drug-likeness (QED) is 0.766. The molecule has 0 aromatic carbocycles. The van der Waals surface area contributed by atoms with Gasteiger partial charge in [0.25, 0.3) is 0 Å². The van der Waals surface area contributed by atoms with E-state index in [4.69, 9.17) is 4.74 Å². The van der Waals surface area contributed by atoms with Crippen LogP contribution in [0.2, 0.25) is 0 Å². The molecule has 0 bridgehead atoms. The zero-order valence-corrected chi connectivity index (χ0v) is 14.5. The lowest BCUT2D eigenvalue weighted by Gasteiger charge is -2.26. The number of likely N-dealkylation sites (tertiary alicyclic amines) is 1. The maximum atomic E-state index is 11.9. The van der Waals surface area contributed by atoms with E-state index in [2.05, 4.69) is 37.8 Å². The number of esters is 1. The molecule has 0 radical (unpaired) electrons. The van der Waals surface area contributed by atoms with Gasteiger partial charge in [-0.2, -0.15) is 0 Å². The molecule has 0 amide bonds. The van der Waals surface area contributed by atoms with E-state index in [0.29, 0.717) is 13.0 Å². The molecular formula is C17H27NO2S. The van der Waals surface area contributed by atoms with Crippen molar-refractivity contribution in [1.29, 1.82) is 0 Å². The van der Waals surface area contributed by atoms with Gasteiger partial charge in [-0.3, -0.25) is 9.69 Å². The lowest BCUT2D eigenvalue weighted by atomic mass is 9.95. The second-order valence-corrected chi connectivity index (χ2v) is 7.84. The van der Waals surface area contributed by atoms with Crippen LogP contribution in [0.1, 0.15) is 62.8 Å². The van der Waals surface area contributed by atoms with Crippen molar-refractivity contribution in [2.45, 2.75) is 58.4 Å². The zero-order chi connectivity index (χ0) is 15.5. The summed E-state index contributed by atoms with van der Waals surface area (Å²) in [6.45, 7) is 11.2. The molecule has 1 aromatic rings. The Balaban J connectivity index is 2.18. The Morgan fingerprint density at radius 2 is 2.00 bits per heavy atom. The number of nitrogens with zero attached hydrogens (tertiary/aromatic N) is 1. The number of ether oxygens (including phenoxy) is 1. The van der Waals surface area contributed by atoms with Crippen LogP contribution in [-0.2, 0) is 14.9 Å². The molecule has 1 fully saturated rings. The smallest absolute Gasteiger partial charge is 0.307 e. The van der Waals surface area contributed by atoms with Gasteiger partial charge in [-0.05, 0) is 50.4 Å². The van der Waals surface area contributed by atoms with Crippen LogP contribution in [0.15, 0.2) is 12.1 Å². The molecule has 0 saturated carbocycles. The van der Waals surface area contributed by atoms with E-state index < -0.39 is 0 Å². The van der Waals surface area contributed by atoms with Gasteiger partial charge in [-0.15, -0.1) is 11.3 Å². The number of hydrogen-bond donors (Lipinski definition) is 0. The first-order valence-corrected chi connectivity index (χ1v) is 8.73. The third-order valence-corrected chi connectivity index (χ3v) is 5.55. The second-order valence-electron chi connectivity index (χ2n) is 6.72. The minimum Gasteiger partial charge on any atom is -0.466 e. The average Bonchev–Trinajstić information content (AvgIpc) is 3.07. The number of thiophene rings is 1. The largest absolute Gasteiger partial charge is 0.466 e. The van der Waals surface area contributed by atoms with Crippen molar-refractivity contribution in [2.24, 2.45) is 0 Å². The van der Waals surface area contributed by atoms with Crippen molar-refractivity contribution in [1.82, 2.24) is 4.90 Å². The summed E-state index contributed by atoms with van der Waals surface area (Å²) in [7, 11) is 0. The predicted molar refractivity (Wildman–Crippen MR) is 87.8 cm³/mol. The molecule has 118 valence electrons. The van der Waals surface area contributed by atoms with Crippen molar-refractivity contribution in [3.05, 3.63) is 21.9 Å². The van der Waals surface area contributed by atoms with Crippen LogP contribution in [0.4, 0.5) is 0 Å². The molecule has 0 N–H and O–H groups in total. The van der Waals surface area contributed by atoms with Crippen LogP contribution in [0.3, 0.4) is 0 Å². The number of hydrogen-bond acceptors (Lipinski definition) is 4. The van der Waals surface area contributed by atoms with Crippen LogP contribution in [0, 0.1) is 0 Å². The third kappa shape index (κ3) is 4.30. The average molecular weight is 309 g/mol. The van der Waals surface area contributed by atoms with E-state index in [-0.39, 0.29) is 17.4 Å². The summed E-state index contributed by atoms with van der Waals surface area (Å²) in [4.78, 5) is 17.1. The monoisotopic (exact) mass is 309 g/mol. The van der Waals surface area contributed by atoms with E-state index >= 15 is 0 Å². The highest BCUT2D eigenvalue weighted by molar-refractivity contribution is 7.12. The number of carbonyl (C=O) groups is 1. The van der Waals surface area contributed by atoms with Gasteiger partial charge in [-0.1, -0.05) is 20.8 Å². The number of rotatable bonds is 5. The van der Waals surface area contributed by atoms with Gasteiger partial charge in [-0.25, -0.2) is 0 Å². The first-order valence-electron chi connectivity index (χ1n) is 7.91. The summed E-state index contributed by atoms with van der Waals surface area (Å²) < 4.78 is 5.17. The minimum atomic E-state index is -0.0832. The van der Waals surface area contributed by atoms with Crippen molar-refractivity contribution in [2.75, 3.05) is 19.7 Å². The van der Waals surface area contributed by atoms with E-state index in [1.807, 2.05) is 18.3 Å². The molecule has 21 heavy (non-hydrogen) atoms. The molecule has 1 unspecified atom stereocenters. The first kappa shape index (κ1) is 16.5. The van der Waals surface area contributed by atoms with Gasteiger partial charge >= 0.3 is 5.97 Å². The maximum Gasteiger partial charge on any atom is 0.307 e. The second kappa shape index (κ2) is 6.93. The zero-order valence-electron chi connectivity index (χ0n) is 13.6. The highest BCUT2D eigenvalue weighted by Crippen LogP contribution is 2.37. The van der Waals surface area contributed by atoms with Gasteiger partial charge in [0.05, 0.1) is 19.1 Å². The predicted octanol–water partition coefficient (Wildman–Crippen LogP) is 4.14. The summed E-state index contributed by atoms with van der Waals surface area (Å²) in [5.41, 5.74) is 0.169. The minimum absolute atomic E-state index is 0.0832. The summed E-state index contributed by atoms with van der Waals surface area (Å²) in [5.74, 6) is -0.0832. The highest BCUT2D eigenvalue weighted by Gasteiger charge is 2.28. The van der Waals surface area contributed by atoms with Crippen molar-refractivity contribution in [3.8, 4) is 0 Å². The number of carbonyl (C=O) groups excluding carboxylic acids is 1. The van der Waals surface area contributed by atoms with Gasteiger partial charge < -0.3 is 4.74 Å². The fourth-order valence-electron chi connectivity index (χ4n) is 2.78. The van der Waals surface area contributed by atoms with Gasteiger partial charge in [0.1, 0.15) is 0 Å². The Kier molecular flexibility index (Phi) is 5.44. The van der Waals surface area contributed by atoms with E-state index in [1.165, 1.54) is 22.6 Å². The fourth-order valence-corrected chi connectivity index (χ4v) is 3.98. The molecule has 2 rings (SSSR count). The molecule has 4 heteroatoms. The van der Waals surface area contributed by atoms with Crippen molar-refractivity contribution in [3.63, 3.8) is 0 Å². The molecule has 0 aliphatic carbocycles. The Bertz CT molecular complexity index is 469. The summed E-state index contributed by atoms with van der Waals surface area (Å²) >= 11 is 1.85. The van der Waals surface area contributed by atoms with Crippen LogP contribution in [0.5, 0.6) is 0 Å². The van der Waals surface area contributed by atoms with Gasteiger partial charge in [0, 0.05) is 9.75 Å². The lowest BCUT2D eigenvalue weighted by Crippen LogP contribution is -2.27. The highest BCUT2D eigenvalue weighted by atomic mass is 32.1. The summed E-state index contributed by atoms with van der Waals surface area (Å²) in [6, 6.07) is 4.61. The Labute approximate surface area is 132 Å². The molecule has 2 heterocycles. The van der Waals surface area contributed by atoms with Crippen LogP contribution in [0.25, 0.3) is 0 Å². The first-order chi connectivity index (χ1) is 9.91. The Morgan fingerprint density at radius 1 is 1.33 bits per heavy atom. The topological polar surface area (TPSA) is 29.5 Å². The van der Waals surface area contributed by atoms with Crippen molar-refractivity contribution < 1.29 is 9.53 Å². The lowest BCUT2D eigenvalue weighted by molar-refractivity contribution is -0.144. The molecular weight excluding hydrogens is 282 g/mol. The van der Waals surface area contributed by atoms with E-state index in [9.17, 15) is 4.79 Å². The van der Waals surface area contributed by atoms with Gasteiger partial charge in [0.15, 0.2) is 0 Å². The summed E-state index contributed by atoms with van der Waals surface area (Å²) in [6.07, 6.45) is 2.94. The Morgan fingerprint density at radius 3 is 2.52 bits per heavy atom. The van der Waals surface area contributed by atoms with Gasteiger partial charge in [0.2, 0.25) is 0 Å². The van der Waals surface area contributed by atoms with Crippen LogP contribution < -0.4 is 0 Å². The fraction of sp³-hybridized carbons (Fsp3) is 0.706. The van der Waals surface area contributed by atoms with Crippen LogP contribution in [-0.4, -0.2) is 30.6 Å². The normalized spacial score (nSPS) is 17.9. The molecule has 0 spiro atoms. The maximum absolute atomic E-state index is 11.9. The molecule has 1 saturated heterocycles. The van der Waals surface area contributed by atoms with E-state index in [0.717, 1.165) is 13.1 Å². The SMILES string of the molecule is CCOC(=O)CC(c1ccc(C(C)(C)C)s1)N1CCCC1. The van der Waals surface area contributed by atoms with Crippen molar-refractivity contribution >= 4 is 17.3 Å². The molecule has 1 aliphatic rings. The molecule has 1 atom stereocenters. The molecule has 1 aromatic heterocycles. The standard InChI is InChI=1S/C17H27NO2S/c1-5-20-16(19)12-13(18-10-6-7-11-18)14-8-9-15(21-14)17(2,3)4/h8-9,13H,5-7,10-12H2,1-4H3. The molecule has 3 nitrogen and oxygen atoms in total. The van der Waals surface area contributed by atoms with Crippen LogP contribution >= 0.6 is 11.3 Å². The molecule has 1 aliphatic heterocycles. The van der Waals surface area contributed by atoms with E-state index in [1.54, 1.807) is 0 Å². The third-order valence-electron chi connectivity index (χ3n) is 3.94.